The van der Waals surface area contributed by atoms with Crippen LogP contribution in [0.4, 0.5) is 0 Å². The molecule has 1 aromatic rings. The van der Waals surface area contributed by atoms with Crippen LogP contribution >= 0.6 is 0 Å². The van der Waals surface area contributed by atoms with E-state index in [0.717, 1.165) is 23.8 Å². The average Bonchev–Trinajstić information content (AvgIpc) is 2.99. The highest BCUT2D eigenvalue weighted by atomic mass is 16.5. The molecule has 0 spiro atoms. The van der Waals surface area contributed by atoms with Crippen LogP contribution in [-0.4, -0.2) is 11.7 Å². The third-order valence-corrected chi connectivity index (χ3v) is 2.52. The molecule has 2 nitrogen and oxygen atoms in total. The van der Waals surface area contributed by atoms with Crippen molar-refractivity contribution in [2.45, 2.75) is 25.9 Å². The van der Waals surface area contributed by atoms with Crippen LogP contribution < -0.4 is 4.74 Å². The summed E-state index contributed by atoms with van der Waals surface area (Å²) in [4.78, 5) is 0. The topological polar surface area (TPSA) is 29.5 Å². The molecular weight excluding hydrogens is 176 g/mol. The van der Waals surface area contributed by atoms with E-state index >= 15 is 0 Å². The summed E-state index contributed by atoms with van der Waals surface area (Å²) in [5, 5.41) is 9.38. The first-order valence-electron chi connectivity index (χ1n) is 5.16. The van der Waals surface area contributed by atoms with Gasteiger partial charge in [-0.05, 0) is 43.4 Å². The van der Waals surface area contributed by atoms with Gasteiger partial charge in [-0.25, -0.2) is 0 Å². The van der Waals surface area contributed by atoms with Crippen molar-refractivity contribution in [3.8, 4) is 5.75 Å². The molecule has 1 aromatic carbocycles. The van der Waals surface area contributed by atoms with Crippen LogP contribution in [0.3, 0.4) is 0 Å². The van der Waals surface area contributed by atoms with Gasteiger partial charge in [-0.3, -0.25) is 0 Å². The van der Waals surface area contributed by atoms with Gasteiger partial charge in [0.1, 0.15) is 5.75 Å². The predicted molar refractivity (Wildman–Crippen MR) is 55.3 cm³/mol. The summed E-state index contributed by atoms with van der Waals surface area (Å²) < 4.78 is 5.61. The van der Waals surface area contributed by atoms with Crippen molar-refractivity contribution >= 4 is 0 Å². The Labute approximate surface area is 84.5 Å². The van der Waals surface area contributed by atoms with Gasteiger partial charge in [-0.1, -0.05) is 12.1 Å². The molecule has 14 heavy (non-hydrogen) atoms. The molecule has 0 aromatic heterocycles. The first-order chi connectivity index (χ1) is 6.75. The van der Waals surface area contributed by atoms with Crippen LogP contribution in [-0.2, 0) is 0 Å². The Kier molecular flexibility index (Phi) is 2.73. The number of hydrogen-bond donors (Lipinski definition) is 1. The van der Waals surface area contributed by atoms with Gasteiger partial charge < -0.3 is 9.84 Å². The second-order valence-electron chi connectivity index (χ2n) is 4.00. The van der Waals surface area contributed by atoms with Crippen LogP contribution in [0, 0.1) is 5.92 Å². The summed E-state index contributed by atoms with van der Waals surface area (Å²) in [5.74, 6) is 1.64. The van der Waals surface area contributed by atoms with Crippen LogP contribution in [0.2, 0.25) is 0 Å². The van der Waals surface area contributed by atoms with Gasteiger partial charge in [0, 0.05) is 0 Å². The Bertz CT molecular complexity index is 303. The van der Waals surface area contributed by atoms with Crippen LogP contribution in [0.25, 0.3) is 0 Å². The van der Waals surface area contributed by atoms with Gasteiger partial charge in [0.2, 0.25) is 0 Å². The zero-order valence-corrected chi connectivity index (χ0v) is 8.44. The molecule has 76 valence electrons. The summed E-state index contributed by atoms with van der Waals surface area (Å²) in [6.45, 7) is 2.59. The summed E-state index contributed by atoms with van der Waals surface area (Å²) in [6.07, 6.45) is 2.19. The Hall–Kier alpha value is -1.02. The predicted octanol–water partition coefficient (Wildman–Crippen LogP) is 2.53. The van der Waals surface area contributed by atoms with Gasteiger partial charge in [0.25, 0.3) is 0 Å². The van der Waals surface area contributed by atoms with Crippen molar-refractivity contribution in [1.29, 1.82) is 0 Å². The third kappa shape index (κ3) is 2.48. The summed E-state index contributed by atoms with van der Waals surface area (Å²) >= 11 is 0. The molecule has 0 heterocycles. The Morgan fingerprint density at radius 3 is 2.93 bits per heavy atom. The van der Waals surface area contributed by atoms with Crippen molar-refractivity contribution in [3.05, 3.63) is 29.8 Å². The standard InChI is InChI=1S/C12H16O2/c1-9(13)11-3-2-4-12(7-11)14-8-10-5-6-10/h2-4,7,9-10,13H,5-6,8H2,1H3/t9-/m0/s1. The van der Waals surface area contributed by atoms with Crippen LogP contribution in [0.5, 0.6) is 5.75 Å². The van der Waals surface area contributed by atoms with E-state index in [1.807, 2.05) is 24.3 Å². The van der Waals surface area contributed by atoms with Crippen molar-refractivity contribution < 1.29 is 9.84 Å². The van der Waals surface area contributed by atoms with Gasteiger partial charge in [0.15, 0.2) is 0 Å². The maximum Gasteiger partial charge on any atom is 0.119 e. The monoisotopic (exact) mass is 192 g/mol. The lowest BCUT2D eigenvalue weighted by atomic mass is 10.1. The highest BCUT2D eigenvalue weighted by Crippen LogP contribution is 2.29. The molecule has 0 aliphatic heterocycles. The van der Waals surface area contributed by atoms with Crippen molar-refractivity contribution in [3.63, 3.8) is 0 Å². The minimum atomic E-state index is -0.417. The van der Waals surface area contributed by atoms with Crippen LogP contribution in [0.15, 0.2) is 24.3 Å². The molecule has 2 heteroatoms. The van der Waals surface area contributed by atoms with Crippen molar-refractivity contribution in [1.82, 2.24) is 0 Å². The zero-order chi connectivity index (χ0) is 9.97. The summed E-state index contributed by atoms with van der Waals surface area (Å²) in [7, 11) is 0. The molecule has 0 saturated heterocycles. The zero-order valence-electron chi connectivity index (χ0n) is 8.44. The van der Waals surface area contributed by atoms with Gasteiger partial charge >= 0.3 is 0 Å². The van der Waals surface area contributed by atoms with E-state index in [9.17, 15) is 5.11 Å². The molecule has 0 unspecified atom stereocenters. The highest BCUT2D eigenvalue weighted by Gasteiger charge is 2.21. The fourth-order valence-electron chi connectivity index (χ4n) is 1.36. The van der Waals surface area contributed by atoms with Gasteiger partial charge in [-0.2, -0.15) is 0 Å². The number of aliphatic hydroxyl groups excluding tert-OH is 1. The van der Waals surface area contributed by atoms with E-state index in [1.54, 1.807) is 6.92 Å². The number of aliphatic hydroxyl groups is 1. The van der Waals surface area contributed by atoms with Gasteiger partial charge in [0.05, 0.1) is 12.7 Å². The lowest BCUT2D eigenvalue weighted by Gasteiger charge is -2.08. The maximum absolute atomic E-state index is 9.38. The molecule has 0 amide bonds. The first-order valence-corrected chi connectivity index (χ1v) is 5.16. The number of hydrogen-bond acceptors (Lipinski definition) is 2. The average molecular weight is 192 g/mol. The minimum Gasteiger partial charge on any atom is -0.493 e. The fourth-order valence-corrected chi connectivity index (χ4v) is 1.36. The molecule has 1 atom stereocenters. The normalized spacial score (nSPS) is 17.9. The lowest BCUT2D eigenvalue weighted by Crippen LogP contribution is -2.00. The van der Waals surface area contributed by atoms with E-state index in [1.165, 1.54) is 12.8 Å². The SMILES string of the molecule is C[C@H](O)c1cccc(OCC2CC2)c1. The maximum atomic E-state index is 9.38. The van der Waals surface area contributed by atoms with Gasteiger partial charge in [-0.15, -0.1) is 0 Å². The van der Waals surface area contributed by atoms with E-state index in [2.05, 4.69) is 0 Å². The van der Waals surface area contributed by atoms with Crippen LogP contribution in [0.1, 0.15) is 31.4 Å². The number of ether oxygens (including phenoxy) is 1. The second kappa shape index (κ2) is 4.01. The molecular formula is C12H16O2. The smallest absolute Gasteiger partial charge is 0.119 e. The van der Waals surface area contributed by atoms with Crippen molar-refractivity contribution in [2.75, 3.05) is 6.61 Å². The third-order valence-electron chi connectivity index (χ3n) is 2.52. The summed E-state index contributed by atoms with van der Waals surface area (Å²) in [6, 6.07) is 7.68. The lowest BCUT2D eigenvalue weighted by molar-refractivity contribution is 0.198. The molecule has 1 fully saturated rings. The first kappa shape index (κ1) is 9.53. The highest BCUT2D eigenvalue weighted by molar-refractivity contribution is 5.29. The molecule has 2 rings (SSSR count). The van der Waals surface area contributed by atoms with E-state index in [-0.39, 0.29) is 0 Å². The fraction of sp³-hybridized carbons (Fsp3) is 0.500. The number of rotatable bonds is 4. The Morgan fingerprint density at radius 1 is 1.50 bits per heavy atom. The molecule has 1 N–H and O–H groups in total. The molecule has 1 saturated carbocycles. The van der Waals surface area contributed by atoms with Crippen molar-refractivity contribution in [2.24, 2.45) is 5.92 Å². The number of benzene rings is 1. The Morgan fingerprint density at radius 2 is 2.29 bits per heavy atom. The molecule has 1 aliphatic rings. The molecule has 1 aliphatic carbocycles. The van der Waals surface area contributed by atoms with E-state index in [0.29, 0.717) is 0 Å². The van der Waals surface area contributed by atoms with E-state index < -0.39 is 6.10 Å². The largest absolute Gasteiger partial charge is 0.493 e. The summed E-state index contributed by atoms with van der Waals surface area (Å²) in [5.41, 5.74) is 0.915. The minimum absolute atomic E-state index is 0.417. The molecule has 0 bridgehead atoms. The Balaban J connectivity index is 1.97. The van der Waals surface area contributed by atoms with E-state index in [4.69, 9.17) is 4.74 Å². The molecule has 0 radical (unpaired) electrons. The quantitative estimate of drug-likeness (QED) is 0.794. The second-order valence-corrected chi connectivity index (χ2v) is 4.00.